The number of ketones is 1. The van der Waals surface area contributed by atoms with Crippen LogP contribution in [0.25, 0.3) is 0 Å². The van der Waals surface area contributed by atoms with Crippen LogP contribution in [-0.2, 0) is 6.42 Å². The van der Waals surface area contributed by atoms with Crippen molar-refractivity contribution in [3.8, 4) is 11.5 Å². The van der Waals surface area contributed by atoms with Crippen molar-refractivity contribution in [1.82, 2.24) is 0 Å². The molecule has 20 heavy (non-hydrogen) atoms. The predicted octanol–water partition coefficient (Wildman–Crippen LogP) is 3.52. The summed E-state index contributed by atoms with van der Waals surface area (Å²) in [6, 6.07) is 15.1. The Bertz CT molecular complexity index is 576. The van der Waals surface area contributed by atoms with Gasteiger partial charge in [0.15, 0.2) is 17.3 Å². The third kappa shape index (κ3) is 3.38. The van der Waals surface area contributed by atoms with Crippen molar-refractivity contribution >= 4 is 5.78 Å². The van der Waals surface area contributed by atoms with Gasteiger partial charge in [0, 0.05) is 12.0 Å². The Kier molecular flexibility index (Phi) is 4.77. The van der Waals surface area contributed by atoms with Crippen LogP contribution in [0.1, 0.15) is 22.3 Å². The number of Topliss-reactive ketones (excluding diaryl/α,β-unsaturated/α-hetero) is 1. The quantitative estimate of drug-likeness (QED) is 0.753. The summed E-state index contributed by atoms with van der Waals surface area (Å²) in [5.74, 6) is 1.54. The van der Waals surface area contributed by atoms with Crippen molar-refractivity contribution in [2.75, 3.05) is 14.2 Å². The molecule has 0 aromatic heterocycles. The van der Waals surface area contributed by atoms with Gasteiger partial charge in [-0.3, -0.25) is 4.79 Å². The average molecular weight is 270 g/mol. The highest BCUT2D eigenvalue weighted by atomic mass is 16.5. The number of rotatable bonds is 6. The van der Waals surface area contributed by atoms with Crippen LogP contribution in [0.15, 0.2) is 48.5 Å². The molecule has 0 bridgehead atoms. The van der Waals surface area contributed by atoms with E-state index >= 15 is 0 Å². The number of carbonyl (C=O) groups excluding carboxylic acids is 1. The summed E-state index contributed by atoms with van der Waals surface area (Å²) in [5, 5.41) is 0. The summed E-state index contributed by atoms with van der Waals surface area (Å²) in [5.41, 5.74) is 1.82. The third-order valence-corrected chi connectivity index (χ3v) is 3.18. The van der Waals surface area contributed by atoms with Crippen molar-refractivity contribution < 1.29 is 14.3 Å². The molecule has 0 aliphatic heterocycles. The molecule has 0 saturated carbocycles. The summed E-state index contributed by atoms with van der Waals surface area (Å²) in [4.78, 5) is 12.0. The smallest absolute Gasteiger partial charge is 0.163 e. The largest absolute Gasteiger partial charge is 0.493 e. The third-order valence-electron chi connectivity index (χ3n) is 3.18. The lowest BCUT2D eigenvalue weighted by Crippen LogP contribution is -2.01. The van der Waals surface area contributed by atoms with Gasteiger partial charge in [-0.05, 0) is 24.1 Å². The van der Waals surface area contributed by atoms with Gasteiger partial charge in [-0.25, -0.2) is 0 Å². The average Bonchev–Trinajstić information content (AvgIpc) is 2.53. The van der Waals surface area contributed by atoms with Gasteiger partial charge in [-0.15, -0.1) is 0 Å². The molecule has 2 rings (SSSR count). The molecule has 3 heteroatoms. The van der Waals surface area contributed by atoms with Gasteiger partial charge in [0.25, 0.3) is 0 Å². The van der Waals surface area contributed by atoms with E-state index < -0.39 is 0 Å². The fraction of sp³-hybridized carbons (Fsp3) is 0.235. The van der Waals surface area contributed by atoms with Gasteiger partial charge in [-0.1, -0.05) is 36.4 Å². The highest BCUT2D eigenvalue weighted by Gasteiger charge is 2.08. The minimum atomic E-state index is 0.153. The predicted molar refractivity (Wildman–Crippen MR) is 78.6 cm³/mol. The first-order valence-electron chi connectivity index (χ1n) is 6.53. The minimum Gasteiger partial charge on any atom is -0.493 e. The molecule has 0 unspecified atom stereocenters. The Morgan fingerprint density at radius 1 is 0.950 bits per heavy atom. The molecule has 0 fully saturated rings. The standard InChI is InChI=1S/C17H18O3/c1-19-16-11-9-13(12-17(16)20-2)8-10-15(18)14-6-4-3-5-7-14/h3-7,9,11-12H,8,10H2,1-2H3. The van der Waals surface area contributed by atoms with Crippen LogP contribution in [0.5, 0.6) is 11.5 Å². The highest BCUT2D eigenvalue weighted by Crippen LogP contribution is 2.28. The zero-order valence-corrected chi connectivity index (χ0v) is 11.8. The normalized spacial score (nSPS) is 10.1. The molecule has 2 aromatic rings. The molecule has 0 N–H and O–H groups in total. The first kappa shape index (κ1) is 14.1. The summed E-state index contributed by atoms with van der Waals surface area (Å²) in [6.07, 6.45) is 1.17. The van der Waals surface area contributed by atoms with Crippen molar-refractivity contribution in [2.24, 2.45) is 0 Å². The van der Waals surface area contributed by atoms with Crippen LogP contribution in [0, 0.1) is 0 Å². The van der Waals surface area contributed by atoms with Crippen molar-refractivity contribution in [3.63, 3.8) is 0 Å². The van der Waals surface area contributed by atoms with Crippen LogP contribution < -0.4 is 9.47 Å². The Labute approximate surface area is 119 Å². The number of hydrogen-bond acceptors (Lipinski definition) is 3. The van der Waals surface area contributed by atoms with E-state index in [1.165, 1.54) is 0 Å². The van der Waals surface area contributed by atoms with Crippen molar-refractivity contribution in [1.29, 1.82) is 0 Å². The second-order valence-corrected chi connectivity index (χ2v) is 4.48. The highest BCUT2D eigenvalue weighted by molar-refractivity contribution is 5.96. The molecular weight excluding hydrogens is 252 g/mol. The van der Waals surface area contributed by atoms with Gasteiger partial charge in [-0.2, -0.15) is 0 Å². The van der Waals surface area contributed by atoms with Gasteiger partial charge < -0.3 is 9.47 Å². The topological polar surface area (TPSA) is 35.5 Å². The zero-order chi connectivity index (χ0) is 14.4. The number of carbonyl (C=O) groups is 1. The van der Waals surface area contributed by atoms with E-state index in [4.69, 9.17) is 9.47 Å². The molecule has 0 amide bonds. The molecule has 0 radical (unpaired) electrons. The first-order valence-corrected chi connectivity index (χ1v) is 6.53. The monoisotopic (exact) mass is 270 g/mol. The zero-order valence-electron chi connectivity index (χ0n) is 11.8. The Balaban J connectivity index is 2.02. The van der Waals surface area contributed by atoms with E-state index in [0.29, 0.717) is 24.3 Å². The van der Waals surface area contributed by atoms with Gasteiger partial charge >= 0.3 is 0 Å². The summed E-state index contributed by atoms with van der Waals surface area (Å²) >= 11 is 0. The minimum absolute atomic E-state index is 0.153. The molecule has 3 nitrogen and oxygen atoms in total. The lowest BCUT2D eigenvalue weighted by molar-refractivity contribution is 0.0983. The van der Waals surface area contributed by atoms with Crippen LogP contribution in [0.2, 0.25) is 0 Å². The van der Waals surface area contributed by atoms with Gasteiger partial charge in [0.1, 0.15) is 0 Å². The molecule has 0 saturated heterocycles. The molecule has 0 atom stereocenters. The maximum absolute atomic E-state index is 12.0. The van der Waals surface area contributed by atoms with Crippen molar-refractivity contribution in [2.45, 2.75) is 12.8 Å². The van der Waals surface area contributed by atoms with Crippen LogP contribution in [0.3, 0.4) is 0 Å². The van der Waals surface area contributed by atoms with Gasteiger partial charge in [0.2, 0.25) is 0 Å². The van der Waals surface area contributed by atoms with Crippen molar-refractivity contribution in [3.05, 3.63) is 59.7 Å². The maximum Gasteiger partial charge on any atom is 0.163 e. The first-order chi connectivity index (χ1) is 9.74. The molecule has 0 heterocycles. The van der Waals surface area contributed by atoms with Crippen LogP contribution in [-0.4, -0.2) is 20.0 Å². The molecule has 2 aromatic carbocycles. The van der Waals surface area contributed by atoms with Crippen LogP contribution in [0.4, 0.5) is 0 Å². The van der Waals surface area contributed by atoms with E-state index in [9.17, 15) is 4.79 Å². The van der Waals surface area contributed by atoms with E-state index in [0.717, 1.165) is 11.1 Å². The summed E-state index contributed by atoms with van der Waals surface area (Å²) in [6.45, 7) is 0. The van der Waals surface area contributed by atoms with E-state index in [2.05, 4.69) is 0 Å². The second-order valence-electron chi connectivity index (χ2n) is 4.48. The van der Waals surface area contributed by atoms with E-state index in [1.807, 2.05) is 48.5 Å². The number of aryl methyl sites for hydroxylation is 1. The summed E-state index contributed by atoms with van der Waals surface area (Å²) < 4.78 is 10.5. The molecule has 0 aliphatic carbocycles. The van der Waals surface area contributed by atoms with Gasteiger partial charge in [0.05, 0.1) is 14.2 Å². The van der Waals surface area contributed by atoms with E-state index in [1.54, 1.807) is 14.2 Å². The fourth-order valence-corrected chi connectivity index (χ4v) is 2.06. The number of benzene rings is 2. The Morgan fingerprint density at radius 2 is 1.65 bits per heavy atom. The summed E-state index contributed by atoms with van der Waals surface area (Å²) in [7, 11) is 3.22. The second kappa shape index (κ2) is 6.75. The Hall–Kier alpha value is -2.29. The fourth-order valence-electron chi connectivity index (χ4n) is 2.06. The number of methoxy groups -OCH3 is 2. The number of hydrogen-bond donors (Lipinski definition) is 0. The van der Waals surface area contributed by atoms with Crippen LogP contribution >= 0.6 is 0 Å². The molecule has 0 aliphatic rings. The van der Waals surface area contributed by atoms with E-state index in [-0.39, 0.29) is 5.78 Å². The Morgan fingerprint density at radius 3 is 2.30 bits per heavy atom. The molecular formula is C17H18O3. The lowest BCUT2D eigenvalue weighted by Gasteiger charge is -2.09. The lowest BCUT2D eigenvalue weighted by atomic mass is 10.0. The maximum atomic E-state index is 12.0. The SMILES string of the molecule is COc1ccc(CCC(=O)c2ccccc2)cc1OC. The number of ether oxygens (including phenoxy) is 2. The molecule has 104 valence electrons. The molecule has 0 spiro atoms.